The molecule has 0 spiro atoms. The molecule has 0 aromatic carbocycles. The lowest BCUT2D eigenvalue weighted by atomic mass is 10.0. The fraction of sp³-hybridized carbons (Fsp3) is 0.750. The molecular formula is C16H27N5. The first kappa shape index (κ1) is 14.6. The minimum Gasteiger partial charge on any atom is -0.362 e. The highest BCUT2D eigenvalue weighted by atomic mass is 15.3. The average molecular weight is 289 g/mol. The lowest BCUT2D eigenvalue weighted by molar-refractivity contribution is 0.201. The molecule has 21 heavy (non-hydrogen) atoms. The summed E-state index contributed by atoms with van der Waals surface area (Å²) in [5.41, 5.74) is 2.58. The van der Waals surface area contributed by atoms with Crippen molar-refractivity contribution in [3.63, 3.8) is 0 Å². The highest BCUT2D eigenvalue weighted by Crippen LogP contribution is 2.29. The fourth-order valence-electron chi connectivity index (χ4n) is 3.27. The Morgan fingerprint density at radius 2 is 1.76 bits per heavy atom. The molecule has 0 radical (unpaired) electrons. The molecule has 116 valence electrons. The molecule has 0 amide bonds. The number of hydrogen-bond acceptors (Lipinski definition) is 5. The first-order valence-corrected chi connectivity index (χ1v) is 8.12. The number of rotatable bonds is 3. The minimum atomic E-state index is 0.575. The molecular weight excluding hydrogens is 262 g/mol. The summed E-state index contributed by atoms with van der Waals surface area (Å²) in [5, 5.41) is 0. The van der Waals surface area contributed by atoms with E-state index in [9.17, 15) is 0 Å². The van der Waals surface area contributed by atoms with Crippen molar-refractivity contribution in [1.29, 1.82) is 0 Å². The number of fused-ring (bicyclic) bond motifs is 1. The maximum Gasteiger partial charge on any atom is 0.227 e. The average Bonchev–Trinajstić information content (AvgIpc) is 2.99. The molecule has 1 aromatic heterocycles. The second-order valence-corrected chi connectivity index (χ2v) is 6.68. The van der Waals surface area contributed by atoms with Gasteiger partial charge in [-0.1, -0.05) is 0 Å². The van der Waals surface area contributed by atoms with Crippen LogP contribution in [0.2, 0.25) is 0 Å². The molecule has 2 aliphatic rings. The van der Waals surface area contributed by atoms with Crippen LogP contribution in [0.25, 0.3) is 0 Å². The summed E-state index contributed by atoms with van der Waals surface area (Å²) < 4.78 is 0. The third-order valence-corrected chi connectivity index (χ3v) is 4.60. The van der Waals surface area contributed by atoms with Crippen LogP contribution in [0.5, 0.6) is 0 Å². The standard InChI is InChI=1S/C16H27N5/c1-12(2)21-10-7-14-13(11-21)15(19(3)4)18-16(17-14)20-8-5-6-9-20/h12H,5-11H2,1-4H3. The Balaban J connectivity index is 1.97. The summed E-state index contributed by atoms with van der Waals surface area (Å²) in [6, 6.07) is 0.575. The van der Waals surface area contributed by atoms with E-state index in [1.807, 2.05) is 0 Å². The van der Waals surface area contributed by atoms with Gasteiger partial charge in [0, 0.05) is 58.3 Å². The van der Waals surface area contributed by atoms with Crippen LogP contribution in [0.15, 0.2) is 0 Å². The molecule has 0 unspecified atom stereocenters. The third kappa shape index (κ3) is 2.84. The smallest absolute Gasteiger partial charge is 0.227 e. The third-order valence-electron chi connectivity index (χ3n) is 4.60. The first-order valence-electron chi connectivity index (χ1n) is 8.12. The Hall–Kier alpha value is -1.36. The molecule has 5 nitrogen and oxygen atoms in total. The number of nitrogens with zero attached hydrogens (tertiary/aromatic N) is 5. The van der Waals surface area contributed by atoms with E-state index < -0.39 is 0 Å². The van der Waals surface area contributed by atoms with Crippen LogP contribution in [0, 0.1) is 0 Å². The van der Waals surface area contributed by atoms with Gasteiger partial charge in [-0.05, 0) is 26.7 Å². The minimum absolute atomic E-state index is 0.575. The lowest BCUT2D eigenvalue weighted by Crippen LogP contribution is -2.38. The van der Waals surface area contributed by atoms with Gasteiger partial charge in [0.15, 0.2) is 0 Å². The van der Waals surface area contributed by atoms with Crippen molar-refractivity contribution in [2.45, 2.75) is 45.7 Å². The summed E-state index contributed by atoms with van der Waals surface area (Å²) in [6.07, 6.45) is 3.56. The van der Waals surface area contributed by atoms with Crippen molar-refractivity contribution in [3.05, 3.63) is 11.3 Å². The van der Waals surface area contributed by atoms with Gasteiger partial charge in [-0.3, -0.25) is 4.90 Å². The first-order chi connectivity index (χ1) is 10.1. The maximum absolute atomic E-state index is 4.89. The molecule has 3 heterocycles. The van der Waals surface area contributed by atoms with Crippen molar-refractivity contribution in [2.75, 3.05) is 43.5 Å². The summed E-state index contributed by atoms with van der Waals surface area (Å²) in [7, 11) is 4.18. The molecule has 0 atom stereocenters. The van der Waals surface area contributed by atoms with Crippen LogP contribution in [-0.4, -0.2) is 54.6 Å². The fourth-order valence-corrected chi connectivity index (χ4v) is 3.27. The zero-order valence-electron chi connectivity index (χ0n) is 13.8. The van der Waals surface area contributed by atoms with Gasteiger partial charge in [0.1, 0.15) is 5.82 Å². The van der Waals surface area contributed by atoms with E-state index in [4.69, 9.17) is 9.97 Å². The summed E-state index contributed by atoms with van der Waals surface area (Å²) in [6.45, 7) is 8.81. The molecule has 1 aromatic rings. The van der Waals surface area contributed by atoms with Crippen molar-refractivity contribution in [1.82, 2.24) is 14.9 Å². The van der Waals surface area contributed by atoms with E-state index in [1.54, 1.807) is 0 Å². The quantitative estimate of drug-likeness (QED) is 0.849. The monoisotopic (exact) mass is 289 g/mol. The second kappa shape index (κ2) is 5.79. The number of anilines is 2. The van der Waals surface area contributed by atoms with Crippen LogP contribution < -0.4 is 9.80 Å². The van der Waals surface area contributed by atoms with Crippen molar-refractivity contribution < 1.29 is 0 Å². The zero-order valence-corrected chi connectivity index (χ0v) is 13.8. The van der Waals surface area contributed by atoms with Crippen LogP contribution in [0.3, 0.4) is 0 Å². The largest absolute Gasteiger partial charge is 0.362 e. The molecule has 0 saturated carbocycles. The summed E-state index contributed by atoms with van der Waals surface area (Å²) in [5.74, 6) is 2.04. The topological polar surface area (TPSA) is 35.5 Å². The Morgan fingerprint density at radius 3 is 2.38 bits per heavy atom. The Morgan fingerprint density at radius 1 is 1.05 bits per heavy atom. The lowest BCUT2D eigenvalue weighted by Gasteiger charge is -2.34. The number of hydrogen-bond donors (Lipinski definition) is 0. The van der Waals surface area contributed by atoms with Gasteiger partial charge in [-0.2, -0.15) is 4.98 Å². The van der Waals surface area contributed by atoms with Crippen LogP contribution in [-0.2, 0) is 13.0 Å². The Bertz CT molecular complexity index is 506. The van der Waals surface area contributed by atoms with E-state index in [0.717, 1.165) is 44.4 Å². The highest BCUT2D eigenvalue weighted by Gasteiger charge is 2.26. The van der Waals surface area contributed by atoms with E-state index in [1.165, 1.54) is 24.1 Å². The van der Waals surface area contributed by atoms with Crippen LogP contribution >= 0.6 is 0 Å². The van der Waals surface area contributed by atoms with Crippen molar-refractivity contribution in [2.24, 2.45) is 0 Å². The van der Waals surface area contributed by atoms with E-state index in [-0.39, 0.29) is 0 Å². The van der Waals surface area contributed by atoms with E-state index in [0.29, 0.717) is 6.04 Å². The molecule has 0 aliphatic carbocycles. The normalized spacial score (nSPS) is 19.2. The highest BCUT2D eigenvalue weighted by molar-refractivity contribution is 5.53. The maximum atomic E-state index is 4.89. The van der Waals surface area contributed by atoms with Crippen molar-refractivity contribution >= 4 is 11.8 Å². The Labute approximate surface area is 128 Å². The predicted octanol–water partition coefficient (Wildman–Crippen LogP) is 1.91. The van der Waals surface area contributed by atoms with Gasteiger partial charge in [0.05, 0.1) is 5.69 Å². The van der Waals surface area contributed by atoms with E-state index in [2.05, 4.69) is 42.6 Å². The van der Waals surface area contributed by atoms with E-state index >= 15 is 0 Å². The zero-order chi connectivity index (χ0) is 15.0. The Kier molecular flexibility index (Phi) is 4.02. The molecule has 1 saturated heterocycles. The SMILES string of the molecule is CC(C)N1CCc2nc(N3CCCC3)nc(N(C)C)c2C1. The van der Waals surface area contributed by atoms with Crippen LogP contribution in [0.1, 0.15) is 37.9 Å². The molecule has 0 N–H and O–H groups in total. The van der Waals surface area contributed by atoms with Gasteiger partial charge < -0.3 is 9.80 Å². The predicted molar refractivity (Wildman–Crippen MR) is 87.1 cm³/mol. The van der Waals surface area contributed by atoms with Gasteiger partial charge >= 0.3 is 0 Å². The van der Waals surface area contributed by atoms with Crippen molar-refractivity contribution in [3.8, 4) is 0 Å². The van der Waals surface area contributed by atoms with Gasteiger partial charge in [-0.25, -0.2) is 4.98 Å². The van der Waals surface area contributed by atoms with Gasteiger partial charge in [-0.15, -0.1) is 0 Å². The molecule has 2 aliphatic heterocycles. The van der Waals surface area contributed by atoms with Gasteiger partial charge in [0.25, 0.3) is 0 Å². The number of aromatic nitrogens is 2. The van der Waals surface area contributed by atoms with Crippen LogP contribution in [0.4, 0.5) is 11.8 Å². The molecule has 5 heteroatoms. The summed E-state index contributed by atoms with van der Waals surface area (Å²) in [4.78, 5) is 16.8. The summed E-state index contributed by atoms with van der Waals surface area (Å²) >= 11 is 0. The molecule has 3 rings (SSSR count). The second-order valence-electron chi connectivity index (χ2n) is 6.68. The molecule has 1 fully saturated rings. The molecule has 0 bridgehead atoms. The van der Waals surface area contributed by atoms with Gasteiger partial charge in [0.2, 0.25) is 5.95 Å².